The number of hydrogen-bond donors (Lipinski definition) is 0. The Morgan fingerprint density at radius 1 is 1.44 bits per heavy atom. The number of esters is 1. The lowest BCUT2D eigenvalue weighted by molar-refractivity contribution is 0.0600. The van der Waals surface area contributed by atoms with Gasteiger partial charge in [0.1, 0.15) is 6.29 Å². The summed E-state index contributed by atoms with van der Waals surface area (Å²) in [6.45, 7) is 2.10. The Balaban J connectivity index is 2.97. The molecule has 0 spiro atoms. The highest BCUT2D eigenvalue weighted by Crippen LogP contribution is 2.14. The number of rotatable bonds is 5. The van der Waals surface area contributed by atoms with Crippen LogP contribution in [0.25, 0.3) is 0 Å². The van der Waals surface area contributed by atoms with E-state index in [4.69, 9.17) is 0 Å². The summed E-state index contributed by atoms with van der Waals surface area (Å²) in [7, 11) is 1.33. The van der Waals surface area contributed by atoms with E-state index in [0.717, 1.165) is 31.1 Å². The van der Waals surface area contributed by atoms with Crippen molar-refractivity contribution >= 4 is 12.3 Å². The van der Waals surface area contributed by atoms with Crippen LogP contribution < -0.4 is 0 Å². The maximum atomic E-state index is 11.3. The molecular weight excluding hydrogens is 204 g/mol. The van der Waals surface area contributed by atoms with Crippen LogP contribution in [-0.4, -0.2) is 19.4 Å². The smallest absolute Gasteiger partial charge is 0.337 e. The lowest BCUT2D eigenvalue weighted by Gasteiger charge is -2.06. The minimum Gasteiger partial charge on any atom is -0.465 e. The average molecular weight is 220 g/mol. The molecule has 16 heavy (non-hydrogen) atoms. The number of aldehydes is 1. The number of carbonyl (C=O) groups excluding carboxylic acids is 2. The van der Waals surface area contributed by atoms with Crippen LogP contribution in [0.4, 0.5) is 0 Å². The number of benzene rings is 1. The second-order valence-corrected chi connectivity index (χ2v) is 3.63. The molecule has 1 aromatic carbocycles. The molecule has 0 heterocycles. The fourth-order valence-electron chi connectivity index (χ4n) is 1.54. The summed E-state index contributed by atoms with van der Waals surface area (Å²) < 4.78 is 4.60. The summed E-state index contributed by atoms with van der Waals surface area (Å²) in [5.41, 5.74) is 1.99. The highest BCUT2D eigenvalue weighted by atomic mass is 16.5. The Morgan fingerprint density at radius 2 is 2.19 bits per heavy atom. The maximum absolute atomic E-state index is 11.3. The SMILES string of the molecule is CCCCc1ccc(C(=O)OC)cc1C=O. The molecule has 3 nitrogen and oxygen atoms in total. The molecule has 0 aliphatic carbocycles. The van der Waals surface area contributed by atoms with Gasteiger partial charge in [-0.25, -0.2) is 4.79 Å². The van der Waals surface area contributed by atoms with Crippen LogP contribution in [0, 0.1) is 0 Å². The zero-order chi connectivity index (χ0) is 12.0. The first kappa shape index (κ1) is 12.4. The third-order valence-electron chi connectivity index (χ3n) is 2.49. The van der Waals surface area contributed by atoms with Crippen LogP contribution in [0.5, 0.6) is 0 Å². The van der Waals surface area contributed by atoms with Gasteiger partial charge in [0.05, 0.1) is 12.7 Å². The average Bonchev–Trinajstić information content (AvgIpc) is 2.35. The molecule has 0 aliphatic heterocycles. The lowest BCUT2D eigenvalue weighted by atomic mass is 10.0. The zero-order valence-electron chi connectivity index (χ0n) is 9.66. The van der Waals surface area contributed by atoms with Crippen LogP contribution >= 0.6 is 0 Å². The third kappa shape index (κ3) is 2.92. The van der Waals surface area contributed by atoms with E-state index in [0.29, 0.717) is 11.1 Å². The molecule has 1 aromatic rings. The van der Waals surface area contributed by atoms with Crippen LogP contribution in [0.2, 0.25) is 0 Å². The lowest BCUT2D eigenvalue weighted by Crippen LogP contribution is -2.03. The standard InChI is InChI=1S/C13H16O3/c1-3-4-5-10-6-7-11(13(15)16-2)8-12(10)9-14/h6-9H,3-5H2,1-2H3. The number of methoxy groups -OCH3 is 1. The topological polar surface area (TPSA) is 43.4 Å². The summed E-state index contributed by atoms with van der Waals surface area (Å²) in [5.74, 6) is -0.412. The van der Waals surface area contributed by atoms with Crippen LogP contribution in [0.1, 0.15) is 46.0 Å². The molecule has 86 valence electrons. The van der Waals surface area contributed by atoms with Gasteiger partial charge in [-0.2, -0.15) is 0 Å². The first-order chi connectivity index (χ1) is 7.72. The highest BCUT2D eigenvalue weighted by Gasteiger charge is 2.08. The van der Waals surface area contributed by atoms with E-state index in [9.17, 15) is 9.59 Å². The van der Waals surface area contributed by atoms with Crippen molar-refractivity contribution in [3.05, 3.63) is 34.9 Å². The summed E-state index contributed by atoms with van der Waals surface area (Å²) in [6, 6.07) is 5.11. The minimum atomic E-state index is -0.412. The van der Waals surface area contributed by atoms with Gasteiger partial charge in [-0.05, 0) is 30.5 Å². The fraction of sp³-hybridized carbons (Fsp3) is 0.385. The van der Waals surface area contributed by atoms with Crippen molar-refractivity contribution in [2.45, 2.75) is 26.2 Å². The quantitative estimate of drug-likeness (QED) is 0.566. The van der Waals surface area contributed by atoms with Crippen molar-refractivity contribution in [1.29, 1.82) is 0 Å². The number of carbonyl (C=O) groups is 2. The molecule has 0 aromatic heterocycles. The predicted molar refractivity (Wildman–Crippen MR) is 61.8 cm³/mol. The monoisotopic (exact) mass is 220 g/mol. The molecule has 3 heteroatoms. The Hall–Kier alpha value is -1.64. The van der Waals surface area contributed by atoms with Crippen molar-refractivity contribution in [1.82, 2.24) is 0 Å². The van der Waals surface area contributed by atoms with Gasteiger partial charge in [-0.1, -0.05) is 19.4 Å². The van der Waals surface area contributed by atoms with Gasteiger partial charge in [-0.15, -0.1) is 0 Å². The van der Waals surface area contributed by atoms with Crippen LogP contribution in [-0.2, 0) is 11.2 Å². The molecule has 1 rings (SSSR count). The van der Waals surface area contributed by atoms with Crippen molar-refractivity contribution in [3.63, 3.8) is 0 Å². The van der Waals surface area contributed by atoms with Crippen molar-refractivity contribution in [2.24, 2.45) is 0 Å². The van der Waals surface area contributed by atoms with E-state index < -0.39 is 5.97 Å². The van der Waals surface area contributed by atoms with Gasteiger partial charge in [0.15, 0.2) is 0 Å². The number of ether oxygens (including phenoxy) is 1. The van der Waals surface area contributed by atoms with Gasteiger partial charge in [0.2, 0.25) is 0 Å². The predicted octanol–water partition coefficient (Wildman–Crippen LogP) is 2.63. The van der Waals surface area contributed by atoms with Crippen molar-refractivity contribution in [3.8, 4) is 0 Å². The van der Waals surface area contributed by atoms with E-state index in [1.54, 1.807) is 12.1 Å². The van der Waals surface area contributed by atoms with E-state index in [2.05, 4.69) is 11.7 Å². The maximum Gasteiger partial charge on any atom is 0.337 e. The van der Waals surface area contributed by atoms with Gasteiger partial charge < -0.3 is 4.74 Å². The fourth-order valence-corrected chi connectivity index (χ4v) is 1.54. The van der Waals surface area contributed by atoms with E-state index in [1.807, 2.05) is 6.07 Å². The number of aryl methyl sites for hydroxylation is 1. The Bertz CT molecular complexity index is 383. The number of unbranched alkanes of at least 4 members (excludes halogenated alkanes) is 1. The van der Waals surface area contributed by atoms with E-state index in [-0.39, 0.29) is 0 Å². The first-order valence-electron chi connectivity index (χ1n) is 5.39. The number of hydrogen-bond acceptors (Lipinski definition) is 3. The van der Waals surface area contributed by atoms with E-state index in [1.165, 1.54) is 7.11 Å². The normalized spacial score (nSPS) is 9.88. The summed E-state index contributed by atoms with van der Waals surface area (Å²) in [6.07, 6.45) is 3.78. The molecule has 0 amide bonds. The van der Waals surface area contributed by atoms with Gasteiger partial charge >= 0.3 is 5.97 Å². The largest absolute Gasteiger partial charge is 0.465 e. The molecule has 0 radical (unpaired) electrons. The highest BCUT2D eigenvalue weighted by molar-refractivity contribution is 5.92. The molecule has 0 saturated heterocycles. The van der Waals surface area contributed by atoms with Gasteiger partial charge in [0, 0.05) is 5.56 Å². The molecule has 0 fully saturated rings. The van der Waals surface area contributed by atoms with Gasteiger partial charge in [0.25, 0.3) is 0 Å². The molecular formula is C13H16O3. The molecule has 0 atom stereocenters. The molecule has 0 bridgehead atoms. The summed E-state index contributed by atoms with van der Waals surface area (Å²) in [5, 5.41) is 0. The molecule has 0 unspecified atom stereocenters. The van der Waals surface area contributed by atoms with Gasteiger partial charge in [-0.3, -0.25) is 4.79 Å². The van der Waals surface area contributed by atoms with Crippen molar-refractivity contribution in [2.75, 3.05) is 7.11 Å². The summed E-state index contributed by atoms with van der Waals surface area (Å²) >= 11 is 0. The summed E-state index contributed by atoms with van der Waals surface area (Å²) in [4.78, 5) is 22.2. The second kappa shape index (κ2) is 6.05. The Labute approximate surface area is 95.4 Å². The van der Waals surface area contributed by atoms with Crippen LogP contribution in [0.3, 0.4) is 0 Å². The Morgan fingerprint density at radius 3 is 2.75 bits per heavy atom. The van der Waals surface area contributed by atoms with E-state index >= 15 is 0 Å². The first-order valence-corrected chi connectivity index (χ1v) is 5.39. The molecule has 0 N–H and O–H groups in total. The van der Waals surface area contributed by atoms with Crippen molar-refractivity contribution < 1.29 is 14.3 Å². The molecule has 0 aliphatic rings. The molecule has 0 saturated carbocycles. The third-order valence-corrected chi connectivity index (χ3v) is 2.49. The zero-order valence-corrected chi connectivity index (χ0v) is 9.66. The van der Waals surface area contributed by atoms with Crippen LogP contribution in [0.15, 0.2) is 18.2 Å². The minimum absolute atomic E-state index is 0.412. The second-order valence-electron chi connectivity index (χ2n) is 3.63. The Kier molecular flexibility index (Phi) is 4.70.